The number of aromatic nitrogens is 1. The molecule has 2 aromatic rings. The van der Waals surface area contributed by atoms with Crippen molar-refractivity contribution in [2.75, 3.05) is 11.4 Å². The SMILES string of the molecule is N#Cc1c(N2CC(C(=O)O)CC2=O)ccc2ncccc12. The van der Waals surface area contributed by atoms with E-state index >= 15 is 0 Å². The number of pyridine rings is 1. The van der Waals surface area contributed by atoms with E-state index in [4.69, 9.17) is 5.11 Å². The normalized spacial score (nSPS) is 18.0. The zero-order chi connectivity index (χ0) is 15.0. The Balaban J connectivity index is 2.11. The van der Waals surface area contributed by atoms with Crippen LogP contribution in [0.2, 0.25) is 0 Å². The van der Waals surface area contributed by atoms with Gasteiger partial charge in [-0.15, -0.1) is 0 Å². The number of carboxylic acid groups (broad SMARTS) is 1. The lowest BCUT2D eigenvalue weighted by molar-refractivity contribution is -0.141. The third-order valence-electron chi connectivity index (χ3n) is 3.64. The molecule has 0 saturated carbocycles. The molecule has 1 aromatic carbocycles. The van der Waals surface area contributed by atoms with Crippen molar-refractivity contribution in [2.24, 2.45) is 5.92 Å². The van der Waals surface area contributed by atoms with E-state index in [1.165, 1.54) is 4.90 Å². The number of hydrogen-bond donors (Lipinski definition) is 1. The van der Waals surface area contributed by atoms with Gasteiger partial charge in [0.15, 0.2) is 0 Å². The molecular formula is C15H11N3O3. The number of carbonyl (C=O) groups is 2. The number of rotatable bonds is 2. The Hall–Kier alpha value is -2.94. The van der Waals surface area contributed by atoms with Crippen molar-refractivity contribution in [2.45, 2.75) is 6.42 Å². The summed E-state index contributed by atoms with van der Waals surface area (Å²) in [5, 5.41) is 19.1. The first-order chi connectivity index (χ1) is 10.1. The summed E-state index contributed by atoms with van der Waals surface area (Å²) in [4.78, 5) is 28.6. The third-order valence-corrected chi connectivity index (χ3v) is 3.64. The van der Waals surface area contributed by atoms with E-state index in [-0.39, 0.29) is 18.9 Å². The Bertz CT molecular complexity index is 794. The lowest BCUT2D eigenvalue weighted by Gasteiger charge is -2.18. The van der Waals surface area contributed by atoms with Gasteiger partial charge >= 0.3 is 5.97 Å². The Kier molecular flexibility index (Phi) is 3.03. The van der Waals surface area contributed by atoms with Crippen molar-refractivity contribution < 1.29 is 14.7 Å². The lowest BCUT2D eigenvalue weighted by Crippen LogP contribution is -2.26. The van der Waals surface area contributed by atoms with Crippen LogP contribution in [0.15, 0.2) is 30.5 Å². The minimum atomic E-state index is -0.994. The third kappa shape index (κ3) is 2.09. The quantitative estimate of drug-likeness (QED) is 0.901. The molecule has 2 heterocycles. The van der Waals surface area contributed by atoms with Gasteiger partial charge in [-0.2, -0.15) is 5.26 Å². The zero-order valence-corrected chi connectivity index (χ0v) is 11.0. The summed E-state index contributed by atoms with van der Waals surface area (Å²) in [5.74, 6) is -2.00. The number of benzene rings is 1. The van der Waals surface area contributed by atoms with Crippen LogP contribution in [0.1, 0.15) is 12.0 Å². The molecule has 0 spiro atoms. The largest absolute Gasteiger partial charge is 0.481 e. The molecule has 0 bridgehead atoms. The molecule has 6 heteroatoms. The fraction of sp³-hybridized carbons (Fsp3) is 0.200. The highest BCUT2D eigenvalue weighted by atomic mass is 16.4. The first kappa shape index (κ1) is 13.1. The first-order valence-corrected chi connectivity index (χ1v) is 6.43. The fourth-order valence-electron chi connectivity index (χ4n) is 2.59. The van der Waals surface area contributed by atoms with E-state index in [1.54, 1.807) is 30.5 Å². The molecule has 1 atom stereocenters. The van der Waals surface area contributed by atoms with Gasteiger partial charge in [0.1, 0.15) is 6.07 Å². The summed E-state index contributed by atoms with van der Waals surface area (Å²) in [6.45, 7) is 0.0919. The van der Waals surface area contributed by atoms with Gasteiger partial charge in [-0.3, -0.25) is 14.6 Å². The van der Waals surface area contributed by atoms with Crippen LogP contribution < -0.4 is 4.90 Å². The number of amides is 1. The molecule has 104 valence electrons. The zero-order valence-electron chi connectivity index (χ0n) is 11.0. The summed E-state index contributed by atoms with van der Waals surface area (Å²) in [5.41, 5.74) is 1.46. The molecule has 1 N–H and O–H groups in total. The second-order valence-corrected chi connectivity index (χ2v) is 4.89. The predicted molar refractivity (Wildman–Crippen MR) is 74.6 cm³/mol. The van der Waals surface area contributed by atoms with Crippen molar-refractivity contribution >= 4 is 28.5 Å². The van der Waals surface area contributed by atoms with Crippen LogP contribution >= 0.6 is 0 Å². The molecule has 21 heavy (non-hydrogen) atoms. The second kappa shape index (κ2) is 4.87. The Morgan fingerprint density at radius 1 is 1.43 bits per heavy atom. The number of carbonyl (C=O) groups excluding carboxylic acids is 1. The molecule has 1 unspecified atom stereocenters. The van der Waals surface area contributed by atoms with Crippen LogP contribution in [0, 0.1) is 17.2 Å². The second-order valence-electron chi connectivity index (χ2n) is 4.89. The average molecular weight is 281 g/mol. The number of nitriles is 1. The Labute approximate surface area is 120 Å². The number of aliphatic carboxylic acids is 1. The number of hydrogen-bond acceptors (Lipinski definition) is 4. The number of fused-ring (bicyclic) bond motifs is 1. The van der Waals surface area contributed by atoms with Crippen molar-refractivity contribution in [3.05, 3.63) is 36.0 Å². The van der Waals surface area contributed by atoms with Crippen LogP contribution in [0.3, 0.4) is 0 Å². The summed E-state index contributed by atoms with van der Waals surface area (Å²) in [6, 6.07) is 8.96. The van der Waals surface area contributed by atoms with Crippen molar-refractivity contribution in [1.82, 2.24) is 4.98 Å². The van der Waals surface area contributed by atoms with Crippen LogP contribution in [0.4, 0.5) is 5.69 Å². The molecule has 1 aliphatic heterocycles. The van der Waals surface area contributed by atoms with Crippen LogP contribution in [-0.2, 0) is 9.59 Å². The molecule has 1 fully saturated rings. The number of anilines is 1. The topological polar surface area (TPSA) is 94.3 Å². The smallest absolute Gasteiger partial charge is 0.308 e. The first-order valence-electron chi connectivity index (χ1n) is 6.43. The number of carboxylic acids is 1. The molecule has 6 nitrogen and oxygen atoms in total. The van der Waals surface area contributed by atoms with E-state index in [0.29, 0.717) is 22.2 Å². The standard InChI is InChI=1S/C15H11N3O3/c16-7-11-10-2-1-5-17-12(10)3-4-13(11)18-8-9(15(20)21)6-14(18)19/h1-5,9H,6,8H2,(H,20,21). The minimum Gasteiger partial charge on any atom is -0.481 e. The summed E-state index contributed by atoms with van der Waals surface area (Å²) in [7, 11) is 0. The van der Waals surface area contributed by atoms with Gasteiger partial charge in [0.2, 0.25) is 5.91 Å². The highest BCUT2D eigenvalue weighted by molar-refractivity contribution is 6.03. The van der Waals surface area contributed by atoms with Gasteiger partial charge in [0.05, 0.1) is 22.7 Å². The monoisotopic (exact) mass is 281 g/mol. The molecule has 0 aliphatic carbocycles. The van der Waals surface area contributed by atoms with Crippen molar-refractivity contribution in [3.63, 3.8) is 0 Å². The van der Waals surface area contributed by atoms with E-state index in [0.717, 1.165) is 0 Å². The molecule has 3 rings (SSSR count). The van der Waals surface area contributed by atoms with E-state index in [2.05, 4.69) is 11.1 Å². The van der Waals surface area contributed by atoms with Crippen LogP contribution in [0.5, 0.6) is 0 Å². The minimum absolute atomic E-state index is 0.0364. The van der Waals surface area contributed by atoms with Gasteiger partial charge in [0.25, 0.3) is 0 Å². The molecule has 1 aromatic heterocycles. The molecule has 0 radical (unpaired) electrons. The summed E-state index contributed by atoms with van der Waals surface area (Å²) >= 11 is 0. The molecule has 1 amide bonds. The number of nitrogens with zero attached hydrogens (tertiary/aromatic N) is 3. The maximum Gasteiger partial charge on any atom is 0.308 e. The van der Waals surface area contributed by atoms with Crippen molar-refractivity contribution in [1.29, 1.82) is 5.26 Å². The predicted octanol–water partition coefficient (Wildman–Crippen LogP) is 1.54. The maximum absolute atomic E-state index is 12.0. The summed E-state index contributed by atoms with van der Waals surface area (Å²) < 4.78 is 0. The molecular weight excluding hydrogens is 270 g/mol. The van der Waals surface area contributed by atoms with E-state index in [1.807, 2.05) is 0 Å². The highest BCUT2D eigenvalue weighted by Crippen LogP contribution is 2.31. The lowest BCUT2D eigenvalue weighted by atomic mass is 10.1. The van der Waals surface area contributed by atoms with Gasteiger partial charge < -0.3 is 10.0 Å². The molecule has 1 saturated heterocycles. The van der Waals surface area contributed by atoms with Gasteiger partial charge in [-0.05, 0) is 24.3 Å². The Morgan fingerprint density at radius 2 is 2.24 bits per heavy atom. The van der Waals surface area contributed by atoms with Gasteiger partial charge in [-0.25, -0.2) is 0 Å². The Morgan fingerprint density at radius 3 is 2.90 bits per heavy atom. The molecule has 1 aliphatic rings. The van der Waals surface area contributed by atoms with Gasteiger partial charge in [0, 0.05) is 24.5 Å². The highest BCUT2D eigenvalue weighted by Gasteiger charge is 2.36. The maximum atomic E-state index is 12.0. The van der Waals surface area contributed by atoms with Gasteiger partial charge in [-0.1, -0.05) is 0 Å². The van der Waals surface area contributed by atoms with E-state index in [9.17, 15) is 14.9 Å². The fourth-order valence-corrected chi connectivity index (χ4v) is 2.59. The average Bonchev–Trinajstić information content (AvgIpc) is 2.88. The van der Waals surface area contributed by atoms with Crippen LogP contribution in [0.25, 0.3) is 10.9 Å². The van der Waals surface area contributed by atoms with Crippen LogP contribution in [-0.4, -0.2) is 28.5 Å². The van der Waals surface area contributed by atoms with E-state index < -0.39 is 11.9 Å². The summed E-state index contributed by atoms with van der Waals surface area (Å²) in [6.07, 6.45) is 1.59. The van der Waals surface area contributed by atoms with Crippen molar-refractivity contribution in [3.8, 4) is 6.07 Å².